The van der Waals surface area contributed by atoms with Crippen LogP contribution in [0.4, 0.5) is 0 Å². The van der Waals surface area contributed by atoms with E-state index in [-0.39, 0.29) is 6.04 Å². The molecule has 0 amide bonds. The molecule has 0 saturated carbocycles. The van der Waals surface area contributed by atoms with Crippen molar-refractivity contribution in [3.63, 3.8) is 0 Å². The molecule has 1 N–H and O–H groups in total. The van der Waals surface area contributed by atoms with Crippen molar-refractivity contribution in [1.82, 2.24) is 15.3 Å². The lowest BCUT2D eigenvalue weighted by Crippen LogP contribution is -2.17. The van der Waals surface area contributed by atoms with E-state index in [0.717, 1.165) is 22.8 Å². The molecule has 1 atom stereocenters. The van der Waals surface area contributed by atoms with Gasteiger partial charge in [-0.2, -0.15) is 0 Å². The van der Waals surface area contributed by atoms with Crippen LogP contribution in [0.15, 0.2) is 35.2 Å². The summed E-state index contributed by atoms with van der Waals surface area (Å²) in [4.78, 5) is 8.91. The molecule has 0 aliphatic carbocycles. The van der Waals surface area contributed by atoms with Crippen molar-refractivity contribution < 1.29 is 0 Å². The van der Waals surface area contributed by atoms with E-state index in [1.165, 1.54) is 4.70 Å². The maximum absolute atomic E-state index is 4.65. The summed E-state index contributed by atoms with van der Waals surface area (Å²) >= 11 is 3.38. The molecule has 0 radical (unpaired) electrons. The van der Waals surface area contributed by atoms with Crippen LogP contribution in [0.3, 0.4) is 0 Å². The minimum Gasteiger partial charge on any atom is -0.302 e. The molecule has 0 fully saturated rings. The number of hydrogen-bond acceptors (Lipinski definition) is 5. The standard InChI is InChI=1S/C13H13N3S2/c1-9(14-6-10-7-17-8-15-10)13-16-11-4-2-3-5-12(11)18-13/h2-5,7-9,14H,6H2,1H3. The number of hydrogen-bond donors (Lipinski definition) is 1. The summed E-state index contributed by atoms with van der Waals surface area (Å²) in [6.45, 7) is 2.94. The van der Waals surface area contributed by atoms with Crippen LogP contribution in [0.2, 0.25) is 0 Å². The Hall–Kier alpha value is -1.30. The second-order valence-electron chi connectivity index (χ2n) is 4.10. The number of rotatable bonds is 4. The zero-order valence-corrected chi connectivity index (χ0v) is 11.6. The third-order valence-corrected chi connectivity index (χ3v) is 4.61. The van der Waals surface area contributed by atoms with Gasteiger partial charge in [0, 0.05) is 11.9 Å². The SMILES string of the molecule is CC(NCc1cscn1)c1nc2ccccc2s1. The van der Waals surface area contributed by atoms with Crippen LogP contribution in [-0.4, -0.2) is 9.97 Å². The Morgan fingerprint density at radius 2 is 2.22 bits per heavy atom. The van der Waals surface area contributed by atoms with E-state index in [2.05, 4.69) is 45.8 Å². The monoisotopic (exact) mass is 275 g/mol. The Morgan fingerprint density at radius 1 is 1.33 bits per heavy atom. The number of para-hydroxylation sites is 1. The first-order chi connectivity index (χ1) is 8.83. The van der Waals surface area contributed by atoms with Gasteiger partial charge in [0.25, 0.3) is 0 Å². The molecule has 5 heteroatoms. The van der Waals surface area contributed by atoms with Crippen LogP contribution >= 0.6 is 22.7 Å². The van der Waals surface area contributed by atoms with Gasteiger partial charge in [0.1, 0.15) is 5.01 Å². The van der Waals surface area contributed by atoms with E-state index >= 15 is 0 Å². The van der Waals surface area contributed by atoms with E-state index in [4.69, 9.17) is 0 Å². The van der Waals surface area contributed by atoms with Crippen LogP contribution in [-0.2, 0) is 6.54 Å². The van der Waals surface area contributed by atoms with Crippen LogP contribution in [0.5, 0.6) is 0 Å². The second kappa shape index (κ2) is 5.14. The number of thiazole rings is 2. The summed E-state index contributed by atoms with van der Waals surface area (Å²) in [7, 11) is 0. The quantitative estimate of drug-likeness (QED) is 0.790. The van der Waals surface area contributed by atoms with Crippen molar-refractivity contribution in [2.24, 2.45) is 0 Å². The lowest BCUT2D eigenvalue weighted by molar-refractivity contribution is 0.567. The van der Waals surface area contributed by atoms with Crippen molar-refractivity contribution in [3.05, 3.63) is 45.9 Å². The van der Waals surface area contributed by atoms with Gasteiger partial charge in [-0.3, -0.25) is 0 Å². The zero-order chi connectivity index (χ0) is 12.4. The molecule has 1 aromatic carbocycles. The van der Waals surface area contributed by atoms with Crippen LogP contribution < -0.4 is 5.32 Å². The van der Waals surface area contributed by atoms with Gasteiger partial charge >= 0.3 is 0 Å². The molecule has 3 nitrogen and oxygen atoms in total. The van der Waals surface area contributed by atoms with Crippen molar-refractivity contribution in [3.8, 4) is 0 Å². The Bertz CT molecular complexity index is 598. The number of aromatic nitrogens is 2. The maximum atomic E-state index is 4.65. The molecular weight excluding hydrogens is 262 g/mol. The minimum absolute atomic E-state index is 0.254. The molecular formula is C13H13N3S2. The van der Waals surface area contributed by atoms with Crippen molar-refractivity contribution in [1.29, 1.82) is 0 Å². The normalized spacial score (nSPS) is 12.9. The molecule has 0 spiro atoms. The molecule has 3 rings (SSSR count). The Labute approximate surface area is 114 Å². The highest BCUT2D eigenvalue weighted by Gasteiger charge is 2.10. The van der Waals surface area contributed by atoms with Gasteiger partial charge in [-0.15, -0.1) is 22.7 Å². The van der Waals surface area contributed by atoms with Gasteiger partial charge in [0.2, 0.25) is 0 Å². The van der Waals surface area contributed by atoms with Crippen molar-refractivity contribution >= 4 is 32.9 Å². The summed E-state index contributed by atoms with van der Waals surface area (Å²) in [6, 6.07) is 8.51. The molecule has 1 unspecified atom stereocenters. The third-order valence-electron chi connectivity index (χ3n) is 2.75. The van der Waals surface area contributed by atoms with E-state index in [0.29, 0.717) is 0 Å². The summed E-state index contributed by atoms with van der Waals surface area (Å²) in [6.07, 6.45) is 0. The van der Waals surface area contributed by atoms with E-state index in [1.807, 2.05) is 11.6 Å². The summed E-state index contributed by atoms with van der Waals surface area (Å²) in [5, 5.41) is 6.65. The molecule has 92 valence electrons. The fraction of sp³-hybridized carbons (Fsp3) is 0.231. The smallest absolute Gasteiger partial charge is 0.111 e. The van der Waals surface area contributed by atoms with Crippen LogP contribution in [0, 0.1) is 0 Å². The highest BCUT2D eigenvalue weighted by molar-refractivity contribution is 7.18. The Kier molecular flexibility index (Phi) is 3.36. The number of nitrogens with one attached hydrogen (secondary N) is 1. The fourth-order valence-corrected chi connectivity index (χ4v) is 3.30. The van der Waals surface area contributed by atoms with E-state index < -0.39 is 0 Å². The average Bonchev–Trinajstić information content (AvgIpc) is 3.04. The molecule has 2 aromatic heterocycles. The zero-order valence-electron chi connectivity index (χ0n) is 9.96. The Balaban J connectivity index is 1.73. The number of benzene rings is 1. The maximum Gasteiger partial charge on any atom is 0.111 e. The number of nitrogens with zero attached hydrogens (tertiary/aromatic N) is 2. The molecule has 2 heterocycles. The Morgan fingerprint density at radius 3 is 3.00 bits per heavy atom. The van der Waals surface area contributed by atoms with Gasteiger partial charge in [-0.05, 0) is 19.1 Å². The highest BCUT2D eigenvalue weighted by Crippen LogP contribution is 2.26. The van der Waals surface area contributed by atoms with Gasteiger partial charge in [-0.1, -0.05) is 12.1 Å². The summed E-state index contributed by atoms with van der Waals surface area (Å²) in [5.74, 6) is 0. The minimum atomic E-state index is 0.254. The fourth-order valence-electron chi connectivity index (χ4n) is 1.75. The van der Waals surface area contributed by atoms with Crippen LogP contribution in [0.25, 0.3) is 10.2 Å². The average molecular weight is 275 g/mol. The van der Waals surface area contributed by atoms with Gasteiger partial charge in [0.05, 0.1) is 27.5 Å². The molecule has 0 saturated heterocycles. The lowest BCUT2D eigenvalue weighted by atomic mass is 10.3. The van der Waals surface area contributed by atoms with E-state index in [1.54, 1.807) is 22.7 Å². The predicted molar refractivity (Wildman–Crippen MR) is 77.0 cm³/mol. The third kappa shape index (κ3) is 2.43. The number of fused-ring (bicyclic) bond motifs is 1. The molecule has 3 aromatic rings. The molecule has 0 bridgehead atoms. The first-order valence-corrected chi connectivity index (χ1v) is 7.55. The topological polar surface area (TPSA) is 37.8 Å². The predicted octanol–water partition coefficient (Wildman–Crippen LogP) is 3.60. The van der Waals surface area contributed by atoms with Crippen molar-refractivity contribution in [2.45, 2.75) is 19.5 Å². The van der Waals surface area contributed by atoms with E-state index in [9.17, 15) is 0 Å². The van der Waals surface area contributed by atoms with Crippen LogP contribution in [0.1, 0.15) is 23.7 Å². The second-order valence-corrected chi connectivity index (χ2v) is 5.88. The molecule has 0 aliphatic rings. The van der Waals surface area contributed by atoms with Gasteiger partial charge in [-0.25, -0.2) is 9.97 Å². The summed E-state index contributed by atoms with van der Waals surface area (Å²) in [5.41, 5.74) is 4.03. The first-order valence-electron chi connectivity index (χ1n) is 5.79. The largest absolute Gasteiger partial charge is 0.302 e. The first kappa shape index (κ1) is 11.8. The molecule has 0 aliphatic heterocycles. The summed E-state index contributed by atoms with van der Waals surface area (Å²) < 4.78 is 1.25. The lowest BCUT2D eigenvalue weighted by Gasteiger charge is -2.09. The van der Waals surface area contributed by atoms with Gasteiger partial charge in [0.15, 0.2) is 0 Å². The highest BCUT2D eigenvalue weighted by atomic mass is 32.1. The molecule has 18 heavy (non-hydrogen) atoms. The van der Waals surface area contributed by atoms with Gasteiger partial charge < -0.3 is 5.32 Å². The van der Waals surface area contributed by atoms with Crippen molar-refractivity contribution in [2.75, 3.05) is 0 Å².